The third kappa shape index (κ3) is 4.22. The van der Waals surface area contributed by atoms with Gasteiger partial charge in [-0.2, -0.15) is 11.8 Å². The van der Waals surface area contributed by atoms with Gasteiger partial charge < -0.3 is 5.11 Å². The van der Waals surface area contributed by atoms with E-state index in [1.807, 2.05) is 20.1 Å². The zero-order chi connectivity index (χ0) is 13.1. The lowest BCUT2D eigenvalue weighted by atomic mass is 10.2. The monoisotopic (exact) mass is 275 g/mol. The molecule has 17 heavy (non-hydrogen) atoms. The number of sulfonamides is 1. The van der Waals surface area contributed by atoms with Gasteiger partial charge in [0.25, 0.3) is 0 Å². The molecule has 6 heteroatoms. The molecule has 1 rings (SSSR count). The molecule has 0 heterocycles. The van der Waals surface area contributed by atoms with Gasteiger partial charge in [-0.05, 0) is 44.4 Å². The van der Waals surface area contributed by atoms with E-state index in [0.29, 0.717) is 6.54 Å². The molecule has 0 unspecified atom stereocenters. The van der Waals surface area contributed by atoms with Crippen LogP contribution < -0.4 is 4.72 Å². The maximum Gasteiger partial charge on any atom is 0.240 e. The van der Waals surface area contributed by atoms with Crippen molar-refractivity contribution in [3.05, 3.63) is 24.3 Å². The fourth-order valence-corrected chi connectivity index (χ4v) is 2.57. The van der Waals surface area contributed by atoms with Crippen LogP contribution in [-0.4, -0.2) is 31.1 Å². The first-order valence-electron chi connectivity index (χ1n) is 5.11. The van der Waals surface area contributed by atoms with Crippen LogP contribution in [-0.2, 0) is 10.0 Å². The summed E-state index contributed by atoms with van der Waals surface area (Å²) in [6.45, 7) is 4.30. The van der Waals surface area contributed by atoms with Gasteiger partial charge >= 0.3 is 0 Å². The highest BCUT2D eigenvalue weighted by molar-refractivity contribution is 8.00. The molecule has 0 fully saturated rings. The van der Waals surface area contributed by atoms with Crippen LogP contribution in [0.1, 0.15) is 13.8 Å². The number of hydrogen-bond acceptors (Lipinski definition) is 4. The first-order chi connectivity index (χ1) is 7.77. The summed E-state index contributed by atoms with van der Waals surface area (Å²) >= 11 is 1.60. The van der Waals surface area contributed by atoms with Crippen molar-refractivity contribution in [2.45, 2.75) is 23.5 Å². The van der Waals surface area contributed by atoms with E-state index < -0.39 is 10.0 Å². The Hall–Kier alpha value is -0.720. The highest BCUT2D eigenvalue weighted by Crippen LogP contribution is 2.21. The molecule has 1 aromatic carbocycles. The summed E-state index contributed by atoms with van der Waals surface area (Å²) in [6.07, 6.45) is 1.94. The van der Waals surface area contributed by atoms with Crippen LogP contribution in [0.3, 0.4) is 0 Å². The molecule has 0 aromatic heterocycles. The van der Waals surface area contributed by atoms with Crippen LogP contribution in [0.25, 0.3) is 0 Å². The van der Waals surface area contributed by atoms with E-state index in [-0.39, 0.29) is 15.4 Å². The minimum absolute atomic E-state index is 0.0494. The number of hydrogen-bond donors (Lipinski definition) is 2. The minimum Gasteiger partial charge on any atom is -0.508 e. The van der Waals surface area contributed by atoms with E-state index in [4.69, 9.17) is 5.11 Å². The molecule has 0 saturated carbocycles. The highest BCUT2D eigenvalue weighted by atomic mass is 32.2. The Morgan fingerprint density at radius 2 is 1.82 bits per heavy atom. The Labute approximate surface area is 106 Å². The average molecular weight is 275 g/mol. The quantitative estimate of drug-likeness (QED) is 0.860. The zero-order valence-corrected chi connectivity index (χ0v) is 11.7. The fraction of sp³-hybridized carbons (Fsp3) is 0.455. The van der Waals surface area contributed by atoms with Crippen molar-refractivity contribution in [3.8, 4) is 5.75 Å². The molecule has 0 amide bonds. The van der Waals surface area contributed by atoms with Gasteiger partial charge in [0.2, 0.25) is 10.0 Å². The van der Waals surface area contributed by atoms with Crippen molar-refractivity contribution >= 4 is 21.8 Å². The standard InChI is InChI=1S/C11H17NO3S2/c1-11(2,16-3)8-12-17(14,15)10-6-4-9(13)5-7-10/h4-7,12-13H,8H2,1-3H3. The molecule has 2 N–H and O–H groups in total. The van der Waals surface area contributed by atoms with E-state index in [1.54, 1.807) is 11.8 Å². The Bertz CT molecular complexity index is 466. The highest BCUT2D eigenvalue weighted by Gasteiger charge is 2.21. The topological polar surface area (TPSA) is 66.4 Å². The van der Waals surface area contributed by atoms with Gasteiger partial charge in [-0.15, -0.1) is 0 Å². The van der Waals surface area contributed by atoms with Gasteiger partial charge in [-0.1, -0.05) is 0 Å². The van der Waals surface area contributed by atoms with E-state index >= 15 is 0 Å². The predicted octanol–water partition coefficient (Wildman–Crippen LogP) is 1.81. The fourth-order valence-electron chi connectivity index (χ4n) is 1.05. The van der Waals surface area contributed by atoms with Crippen molar-refractivity contribution in [1.82, 2.24) is 4.72 Å². The van der Waals surface area contributed by atoms with Crippen LogP contribution in [0.2, 0.25) is 0 Å². The van der Waals surface area contributed by atoms with Gasteiger partial charge in [-0.3, -0.25) is 0 Å². The first-order valence-corrected chi connectivity index (χ1v) is 7.81. The Morgan fingerprint density at radius 1 is 1.29 bits per heavy atom. The molecule has 0 atom stereocenters. The number of phenolic OH excluding ortho intramolecular Hbond substituents is 1. The van der Waals surface area contributed by atoms with Crippen molar-refractivity contribution in [1.29, 1.82) is 0 Å². The Balaban J connectivity index is 2.79. The van der Waals surface area contributed by atoms with Gasteiger partial charge in [-0.25, -0.2) is 13.1 Å². The molecule has 96 valence electrons. The lowest BCUT2D eigenvalue weighted by molar-refractivity contribution is 0.474. The largest absolute Gasteiger partial charge is 0.508 e. The van der Waals surface area contributed by atoms with Crippen molar-refractivity contribution in [2.24, 2.45) is 0 Å². The number of aromatic hydroxyl groups is 1. The summed E-state index contributed by atoms with van der Waals surface area (Å²) in [5.74, 6) is 0.0494. The number of nitrogens with one attached hydrogen (secondary N) is 1. The maximum absolute atomic E-state index is 11.9. The van der Waals surface area contributed by atoms with Crippen molar-refractivity contribution in [2.75, 3.05) is 12.8 Å². The van der Waals surface area contributed by atoms with Crippen LogP contribution in [0.5, 0.6) is 5.75 Å². The third-order valence-electron chi connectivity index (χ3n) is 2.39. The number of benzene rings is 1. The molecule has 4 nitrogen and oxygen atoms in total. The maximum atomic E-state index is 11.9. The third-order valence-corrected chi connectivity index (χ3v) is 5.05. The molecule has 0 radical (unpaired) electrons. The van der Waals surface area contributed by atoms with Crippen LogP contribution >= 0.6 is 11.8 Å². The number of rotatable bonds is 5. The van der Waals surface area contributed by atoms with E-state index in [1.165, 1.54) is 24.3 Å². The summed E-state index contributed by atoms with van der Waals surface area (Å²) in [5.41, 5.74) is 0. The van der Waals surface area contributed by atoms with Gasteiger partial charge in [0.1, 0.15) is 5.75 Å². The minimum atomic E-state index is -3.49. The smallest absolute Gasteiger partial charge is 0.240 e. The molecular formula is C11H17NO3S2. The van der Waals surface area contributed by atoms with Gasteiger partial charge in [0.15, 0.2) is 0 Å². The zero-order valence-electron chi connectivity index (χ0n) is 10.1. The summed E-state index contributed by atoms with van der Waals surface area (Å²) in [5, 5.41) is 9.10. The second kappa shape index (κ2) is 5.29. The van der Waals surface area contributed by atoms with Crippen molar-refractivity contribution in [3.63, 3.8) is 0 Å². The summed E-state index contributed by atoms with van der Waals surface area (Å²) in [7, 11) is -3.49. The summed E-state index contributed by atoms with van der Waals surface area (Å²) in [4.78, 5) is 0.159. The molecule has 0 aliphatic carbocycles. The molecule has 0 aliphatic heterocycles. The molecular weight excluding hydrogens is 258 g/mol. The first kappa shape index (κ1) is 14.3. The van der Waals surface area contributed by atoms with E-state index in [2.05, 4.69) is 4.72 Å². The van der Waals surface area contributed by atoms with Gasteiger partial charge in [0.05, 0.1) is 4.90 Å². The predicted molar refractivity (Wildman–Crippen MR) is 70.9 cm³/mol. The molecule has 0 bridgehead atoms. The molecule has 1 aromatic rings. The second-order valence-electron chi connectivity index (χ2n) is 4.28. The lowest BCUT2D eigenvalue weighted by Crippen LogP contribution is -2.36. The normalized spacial score (nSPS) is 12.6. The Morgan fingerprint density at radius 3 is 2.29 bits per heavy atom. The molecule has 0 saturated heterocycles. The molecule has 0 aliphatic rings. The number of thioether (sulfide) groups is 1. The van der Waals surface area contributed by atoms with Crippen LogP contribution in [0, 0.1) is 0 Å². The molecule has 0 spiro atoms. The van der Waals surface area contributed by atoms with Crippen LogP contribution in [0.15, 0.2) is 29.2 Å². The summed E-state index contributed by atoms with van der Waals surface area (Å²) in [6, 6.07) is 5.47. The average Bonchev–Trinajstić information content (AvgIpc) is 2.27. The summed E-state index contributed by atoms with van der Waals surface area (Å²) < 4.78 is 26.2. The van der Waals surface area contributed by atoms with Gasteiger partial charge in [0, 0.05) is 11.3 Å². The van der Waals surface area contributed by atoms with Crippen molar-refractivity contribution < 1.29 is 13.5 Å². The Kier molecular flexibility index (Phi) is 4.46. The SMILES string of the molecule is CSC(C)(C)CNS(=O)(=O)c1ccc(O)cc1. The van der Waals surface area contributed by atoms with E-state index in [0.717, 1.165) is 0 Å². The number of phenols is 1. The van der Waals surface area contributed by atoms with E-state index in [9.17, 15) is 8.42 Å². The second-order valence-corrected chi connectivity index (χ2v) is 7.56. The van der Waals surface area contributed by atoms with Crippen LogP contribution in [0.4, 0.5) is 0 Å². The lowest BCUT2D eigenvalue weighted by Gasteiger charge is -2.22.